The first-order valence-electron chi connectivity index (χ1n) is 6.92. The molecule has 1 aromatic carbocycles. The van der Waals surface area contributed by atoms with E-state index in [1.807, 2.05) is 0 Å². The molecule has 0 radical (unpaired) electrons. The maximum Gasteiger partial charge on any atom is 0.416 e. The maximum absolute atomic E-state index is 12.4. The number of benzene rings is 1. The third-order valence-electron chi connectivity index (χ3n) is 3.14. The number of halogens is 3. The molecule has 0 fully saturated rings. The van der Waals surface area contributed by atoms with Crippen LogP contribution in [0.15, 0.2) is 24.3 Å². The van der Waals surface area contributed by atoms with Crippen LogP contribution in [0.25, 0.3) is 0 Å². The van der Waals surface area contributed by atoms with Crippen molar-refractivity contribution in [1.29, 1.82) is 0 Å². The van der Waals surface area contributed by atoms with Gasteiger partial charge in [0.1, 0.15) is 6.04 Å². The SMILES string of the molecule is C#CCCC[C@@H](NC(=O)Cc1ccc(C(F)(F)F)cc1)C(N)=O. The molecule has 0 bridgehead atoms. The molecule has 1 aromatic rings. The minimum absolute atomic E-state index is 0.142. The highest BCUT2D eigenvalue weighted by Gasteiger charge is 2.30. The van der Waals surface area contributed by atoms with Gasteiger partial charge < -0.3 is 11.1 Å². The Morgan fingerprint density at radius 3 is 2.35 bits per heavy atom. The molecule has 0 saturated carbocycles. The normalized spacial score (nSPS) is 12.3. The van der Waals surface area contributed by atoms with Crippen LogP contribution >= 0.6 is 0 Å². The van der Waals surface area contributed by atoms with Gasteiger partial charge >= 0.3 is 6.18 Å². The summed E-state index contributed by atoms with van der Waals surface area (Å²) in [5.74, 6) is 1.25. The number of carbonyl (C=O) groups is 2. The third kappa shape index (κ3) is 6.43. The first-order chi connectivity index (χ1) is 10.7. The second kappa shape index (κ2) is 8.22. The molecule has 4 nitrogen and oxygen atoms in total. The van der Waals surface area contributed by atoms with Crippen LogP contribution < -0.4 is 11.1 Å². The van der Waals surface area contributed by atoms with E-state index >= 15 is 0 Å². The molecular weight excluding hydrogens is 309 g/mol. The van der Waals surface area contributed by atoms with Gasteiger partial charge in [-0.1, -0.05) is 12.1 Å². The van der Waals surface area contributed by atoms with Crippen molar-refractivity contribution in [3.8, 4) is 12.3 Å². The van der Waals surface area contributed by atoms with Crippen LogP contribution in [-0.2, 0) is 22.2 Å². The molecule has 1 atom stereocenters. The fraction of sp³-hybridized carbons (Fsp3) is 0.375. The lowest BCUT2D eigenvalue weighted by molar-refractivity contribution is -0.137. The Morgan fingerprint density at radius 2 is 1.87 bits per heavy atom. The first kappa shape index (κ1) is 18.6. The second-order valence-corrected chi connectivity index (χ2v) is 4.99. The van der Waals surface area contributed by atoms with Crippen molar-refractivity contribution in [3.63, 3.8) is 0 Å². The number of carbonyl (C=O) groups excluding carboxylic acids is 2. The highest BCUT2D eigenvalue weighted by Crippen LogP contribution is 2.29. The van der Waals surface area contributed by atoms with Gasteiger partial charge in [-0.2, -0.15) is 13.2 Å². The van der Waals surface area contributed by atoms with Crippen LogP contribution in [0, 0.1) is 12.3 Å². The number of primary amides is 1. The van der Waals surface area contributed by atoms with Crippen molar-refractivity contribution in [2.24, 2.45) is 5.73 Å². The van der Waals surface area contributed by atoms with Gasteiger partial charge in [-0.25, -0.2) is 0 Å². The minimum Gasteiger partial charge on any atom is -0.368 e. The lowest BCUT2D eigenvalue weighted by Crippen LogP contribution is -2.44. The summed E-state index contributed by atoms with van der Waals surface area (Å²) in [7, 11) is 0. The van der Waals surface area contributed by atoms with E-state index in [-0.39, 0.29) is 6.42 Å². The summed E-state index contributed by atoms with van der Waals surface area (Å²) in [5, 5.41) is 2.46. The van der Waals surface area contributed by atoms with E-state index in [1.54, 1.807) is 0 Å². The Balaban J connectivity index is 2.61. The van der Waals surface area contributed by atoms with Crippen molar-refractivity contribution in [1.82, 2.24) is 5.32 Å². The van der Waals surface area contributed by atoms with Crippen molar-refractivity contribution in [3.05, 3.63) is 35.4 Å². The number of nitrogens with two attached hydrogens (primary N) is 1. The zero-order valence-corrected chi connectivity index (χ0v) is 12.3. The van der Waals surface area contributed by atoms with Gasteiger partial charge in [0.2, 0.25) is 11.8 Å². The van der Waals surface area contributed by atoms with Crippen LogP contribution in [0.3, 0.4) is 0 Å². The average Bonchev–Trinajstić information content (AvgIpc) is 2.45. The Kier molecular flexibility index (Phi) is 6.64. The summed E-state index contributed by atoms with van der Waals surface area (Å²) in [5.41, 5.74) is 4.82. The van der Waals surface area contributed by atoms with Gasteiger partial charge in [0.05, 0.1) is 12.0 Å². The molecule has 0 aliphatic carbocycles. The fourth-order valence-corrected chi connectivity index (χ4v) is 1.94. The molecular formula is C16H17F3N2O2. The fourth-order valence-electron chi connectivity index (χ4n) is 1.94. The van der Waals surface area contributed by atoms with Crippen molar-refractivity contribution >= 4 is 11.8 Å². The van der Waals surface area contributed by atoms with Gasteiger partial charge in [-0.3, -0.25) is 9.59 Å². The molecule has 0 unspecified atom stereocenters. The molecule has 3 N–H and O–H groups in total. The van der Waals surface area contributed by atoms with Gasteiger partial charge in [0.25, 0.3) is 0 Å². The maximum atomic E-state index is 12.4. The molecule has 124 valence electrons. The lowest BCUT2D eigenvalue weighted by Gasteiger charge is -2.15. The quantitative estimate of drug-likeness (QED) is 0.594. The summed E-state index contributed by atoms with van der Waals surface area (Å²) in [6.45, 7) is 0. The molecule has 23 heavy (non-hydrogen) atoms. The highest BCUT2D eigenvalue weighted by atomic mass is 19.4. The van der Waals surface area contributed by atoms with E-state index in [1.165, 1.54) is 12.1 Å². The highest BCUT2D eigenvalue weighted by molar-refractivity contribution is 5.87. The Labute approximate surface area is 132 Å². The van der Waals surface area contributed by atoms with Crippen LogP contribution in [0.4, 0.5) is 13.2 Å². The van der Waals surface area contributed by atoms with Crippen LogP contribution in [-0.4, -0.2) is 17.9 Å². The third-order valence-corrected chi connectivity index (χ3v) is 3.14. The van der Waals surface area contributed by atoms with Crippen LogP contribution in [0.5, 0.6) is 0 Å². The zero-order chi connectivity index (χ0) is 17.5. The molecule has 0 aromatic heterocycles. The molecule has 7 heteroatoms. The number of terminal acetylenes is 1. The standard InChI is InChI=1S/C16H17F3N2O2/c1-2-3-4-5-13(15(20)23)21-14(22)10-11-6-8-12(9-7-11)16(17,18)19/h1,6-9,13H,3-5,10H2,(H2,20,23)(H,21,22)/t13-/m1/s1. The largest absolute Gasteiger partial charge is 0.416 e. The predicted molar refractivity (Wildman–Crippen MR) is 79.0 cm³/mol. The van der Waals surface area contributed by atoms with Crippen LogP contribution in [0.1, 0.15) is 30.4 Å². The number of alkyl halides is 3. The Hall–Kier alpha value is -2.49. The molecule has 1 rings (SSSR count). The number of hydrogen-bond acceptors (Lipinski definition) is 2. The van der Waals surface area contributed by atoms with E-state index in [4.69, 9.17) is 12.2 Å². The number of hydrogen-bond donors (Lipinski definition) is 2. The summed E-state index contributed by atoms with van der Waals surface area (Å²) in [6, 6.07) is 3.41. The Morgan fingerprint density at radius 1 is 1.26 bits per heavy atom. The average molecular weight is 326 g/mol. The van der Waals surface area contributed by atoms with Gasteiger partial charge in [-0.15, -0.1) is 12.3 Å². The Bertz CT molecular complexity index is 589. The van der Waals surface area contributed by atoms with Crippen molar-refractivity contribution in [2.45, 2.75) is 37.9 Å². The van der Waals surface area contributed by atoms with Gasteiger partial charge in [-0.05, 0) is 30.5 Å². The summed E-state index contributed by atoms with van der Waals surface area (Å²) >= 11 is 0. The molecule has 0 spiro atoms. The molecule has 2 amide bonds. The van der Waals surface area contributed by atoms with E-state index in [0.717, 1.165) is 12.1 Å². The molecule has 0 aliphatic heterocycles. The lowest BCUT2D eigenvalue weighted by atomic mass is 10.1. The summed E-state index contributed by atoms with van der Waals surface area (Å²) < 4.78 is 37.3. The van der Waals surface area contributed by atoms with E-state index in [2.05, 4.69) is 11.2 Å². The van der Waals surface area contributed by atoms with Crippen molar-refractivity contribution in [2.75, 3.05) is 0 Å². The summed E-state index contributed by atoms with van der Waals surface area (Å²) in [4.78, 5) is 23.1. The van der Waals surface area contributed by atoms with Crippen molar-refractivity contribution < 1.29 is 22.8 Å². The summed E-state index contributed by atoms with van der Waals surface area (Å²) in [6.07, 6.45) is 1.85. The van der Waals surface area contributed by atoms with Crippen LogP contribution in [0.2, 0.25) is 0 Å². The van der Waals surface area contributed by atoms with E-state index in [0.29, 0.717) is 24.8 Å². The smallest absolute Gasteiger partial charge is 0.368 e. The van der Waals surface area contributed by atoms with Gasteiger partial charge in [0.15, 0.2) is 0 Å². The number of amides is 2. The number of nitrogens with one attached hydrogen (secondary N) is 1. The predicted octanol–water partition coefficient (Wildman–Crippen LogP) is 2.02. The topological polar surface area (TPSA) is 72.2 Å². The minimum atomic E-state index is -4.42. The number of rotatable bonds is 7. The first-order valence-corrected chi connectivity index (χ1v) is 6.92. The van der Waals surface area contributed by atoms with E-state index in [9.17, 15) is 22.8 Å². The monoisotopic (exact) mass is 326 g/mol. The molecule has 0 aliphatic rings. The van der Waals surface area contributed by atoms with Gasteiger partial charge in [0, 0.05) is 6.42 Å². The second-order valence-electron chi connectivity index (χ2n) is 4.99. The molecule has 0 saturated heterocycles. The molecule has 0 heterocycles. The number of unbranched alkanes of at least 4 members (excludes halogenated alkanes) is 1. The van der Waals surface area contributed by atoms with E-state index < -0.39 is 29.6 Å². The zero-order valence-electron chi connectivity index (χ0n) is 12.3.